The summed E-state index contributed by atoms with van der Waals surface area (Å²) in [4.78, 5) is 56.6. The molecule has 0 aliphatic carbocycles. The lowest BCUT2D eigenvalue weighted by molar-refractivity contribution is -0.137. The van der Waals surface area contributed by atoms with Crippen LogP contribution in [0.15, 0.2) is 34.3 Å². The highest BCUT2D eigenvalue weighted by atomic mass is 35.5. The zero-order valence-corrected chi connectivity index (χ0v) is 34.2. The van der Waals surface area contributed by atoms with Crippen LogP contribution in [0.2, 0.25) is 5.15 Å². The lowest BCUT2D eigenvalue weighted by Gasteiger charge is -2.26. The minimum Gasteiger partial charge on any atom is -0.382 e. The number of carbonyl (C=O) groups is 3. The summed E-state index contributed by atoms with van der Waals surface area (Å²) in [5.74, 6) is -0.914. The number of hydrogen-bond acceptors (Lipinski definition) is 10. The van der Waals surface area contributed by atoms with Crippen molar-refractivity contribution in [3.05, 3.63) is 46.2 Å². The van der Waals surface area contributed by atoms with E-state index in [1.54, 1.807) is 19.0 Å². The summed E-state index contributed by atoms with van der Waals surface area (Å²) in [6.07, 6.45) is 6.96. The number of aryl methyl sites for hydroxylation is 2. The molecule has 0 aliphatic rings. The Morgan fingerprint density at radius 3 is 1.98 bits per heavy atom. The Bertz CT molecular complexity index is 1440. The molecule has 0 unspecified atom stereocenters. The summed E-state index contributed by atoms with van der Waals surface area (Å²) in [6, 6.07) is 8.38. The zero-order valence-electron chi connectivity index (χ0n) is 31.4. The van der Waals surface area contributed by atoms with Crippen molar-refractivity contribution in [3.8, 4) is 0 Å². The highest BCUT2D eigenvalue weighted by Crippen LogP contribution is 2.20. The largest absolute Gasteiger partial charge is 0.382 e. The lowest BCUT2D eigenvalue weighted by atomic mass is 9.90. The third-order valence-corrected chi connectivity index (χ3v) is 8.06. The molecule has 0 radical (unpaired) electrons. The summed E-state index contributed by atoms with van der Waals surface area (Å²) in [7, 11) is 7.34. The van der Waals surface area contributed by atoms with Crippen LogP contribution in [0, 0.1) is 5.92 Å². The fraction of sp³-hybridized carbons (Fsp3) is 0.559. The molecule has 15 nitrogen and oxygen atoms in total. The van der Waals surface area contributed by atoms with Crippen molar-refractivity contribution in [2.45, 2.75) is 77.7 Å². The topological polar surface area (TPSA) is 250 Å². The summed E-state index contributed by atoms with van der Waals surface area (Å²) < 4.78 is 0. The second-order valence-electron chi connectivity index (χ2n) is 12.3. The fourth-order valence-corrected chi connectivity index (χ4v) is 5.03. The van der Waals surface area contributed by atoms with Gasteiger partial charge >= 0.3 is 0 Å². The number of unbranched alkanes of at least 4 members (excludes halogenated alkanes) is 2. The van der Waals surface area contributed by atoms with Crippen LogP contribution in [0.3, 0.4) is 0 Å². The quantitative estimate of drug-likeness (QED) is 0.0728. The summed E-state index contributed by atoms with van der Waals surface area (Å²) in [5, 5.41) is 2.25. The molecule has 0 aliphatic heterocycles. The number of halogens is 1. The van der Waals surface area contributed by atoms with Crippen LogP contribution in [0.1, 0.15) is 80.4 Å². The number of amides is 2. The van der Waals surface area contributed by atoms with Crippen LogP contribution in [0.4, 0.5) is 11.6 Å². The first-order chi connectivity index (χ1) is 23.6. The van der Waals surface area contributed by atoms with Crippen LogP contribution >= 0.6 is 38.6 Å². The van der Waals surface area contributed by atoms with Gasteiger partial charge in [0.05, 0.1) is 6.04 Å². The maximum atomic E-state index is 13.2. The molecule has 0 saturated heterocycles. The van der Waals surface area contributed by atoms with Gasteiger partial charge in [-0.05, 0) is 63.7 Å². The molecule has 2 rings (SSSR count). The highest BCUT2D eigenvalue weighted by Gasteiger charge is 2.28. The number of anilines is 2. The number of aromatic nitrogens is 2. The van der Waals surface area contributed by atoms with Gasteiger partial charge in [-0.2, -0.15) is 27.0 Å². The Kier molecular flexibility index (Phi) is 26.0. The van der Waals surface area contributed by atoms with Crippen molar-refractivity contribution in [3.63, 3.8) is 0 Å². The van der Waals surface area contributed by atoms with Crippen molar-refractivity contribution >= 4 is 79.7 Å². The number of nitrogens with one attached hydrogen (secondary N) is 1. The molecule has 2 aromatic rings. The fourth-order valence-electron chi connectivity index (χ4n) is 4.90. The van der Waals surface area contributed by atoms with E-state index in [2.05, 4.69) is 56.5 Å². The second-order valence-corrected chi connectivity index (χ2v) is 12.7. The van der Waals surface area contributed by atoms with Crippen LogP contribution in [-0.4, -0.2) is 96.6 Å². The molecule has 0 spiro atoms. The summed E-state index contributed by atoms with van der Waals surface area (Å²) >= 11 is 5.67. The average Bonchev–Trinajstić information content (AvgIpc) is 3.05. The molecular weight excluding hydrogens is 724 g/mol. The van der Waals surface area contributed by atoms with Crippen LogP contribution < -0.4 is 34.0 Å². The van der Waals surface area contributed by atoms with E-state index in [4.69, 9.17) is 40.3 Å². The number of guanidine groups is 2. The van der Waals surface area contributed by atoms with Crippen molar-refractivity contribution < 1.29 is 14.4 Å². The lowest BCUT2D eigenvalue weighted by Crippen LogP contribution is -2.39. The average molecular weight is 786 g/mol. The third kappa shape index (κ3) is 19.2. The Morgan fingerprint density at radius 2 is 1.44 bits per heavy atom. The molecule has 2 atom stereocenters. The number of nitrogens with two attached hydrogens (primary N) is 5. The molecule has 0 bridgehead atoms. The van der Waals surface area contributed by atoms with Crippen LogP contribution in [0.5, 0.6) is 0 Å². The monoisotopic (exact) mass is 784 g/mol. The number of likely N-dealkylation sites (N-methyl/N-ethyl adjacent to an activating group) is 1. The molecule has 2 amide bonds. The van der Waals surface area contributed by atoms with Gasteiger partial charge in [-0.25, -0.2) is 9.97 Å². The number of nitrogen functional groups attached to an aromatic ring is 2. The first-order valence-corrected chi connectivity index (χ1v) is 17.2. The summed E-state index contributed by atoms with van der Waals surface area (Å²) in [5.41, 5.74) is 29.6. The van der Waals surface area contributed by atoms with E-state index in [1.165, 1.54) is 11.1 Å². The van der Waals surface area contributed by atoms with Crippen LogP contribution in [0.25, 0.3) is 0 Å². The van der Waals surface area contributed by atoms with E-state index >= 15 is 0 Å². The zero-order chi connectivity index (χ0) is 37.8. The standard InChI is InChI=1S/C24H41N5O2.C10H16ClN7O.2H2S/c1-6-18-10-12-19(13-11-18)14-15-21(28(2)3)22(30)17-20(23(31)29(4)5)9-7-8-16-27-24(25)26;1-2-3-4-15-10(14)18-9(19)5-7(12)17-8(13)6(11)16-5;;/h10-13,20-21H,6-9,14-17H2,1-5H3,(H4,25,26,27);2-4H2,1H3,(H4,12,13,17)(H3,14,15,18,19);2*1H2/t20-,21+;;;/m1.../s1. The SMILES string of the molecule is CCCCN=C(N)NC(=O)c1nc(Cl)c(N)nc1N.CCc1ccc(CC[C@@H](C(=O)C[C@@H](CCCCN=C(N)N)C(=O)N(C)C)N(C)C)cc1.S.S. The van der Waals surface area contributed by atoms with Crippen molar-refractivity contribution in [1.82, 2.24) is 25.1 Å². The smallest absolute Gasteiger partial charge is 0.280 e. The number of nitrogens with zero attached hydrogens (tertiary/aromatic N) is 6. The number of Topliss-reactive ketones (excluding diaryl/α,β-unsaturated/α-hetero) is 1. The van der Waals surface area contributed by atoms with Crippen molar-refractivity contribution in [2.24, 2.45) is 33.1 Å². The van der Waals surface area contributed by atoms with E-state index in [0.717, 1.165) is 44.9 Å². The molecule has 0 saturated carbocycles. The van der Waals surface area contributed by atoms with E-state index in [-0.39, 0.29) is 91.5 Å². The molecule has 1 heterocycles. The molecule has 1 aromatic carbocycles. The Hall–Kier alpha value is -3.80. The van der Waals surface area contributed by atoms with Gasteiger partial charge in [0, 0.05) is 39.5 Å². The molecular formula is C34H61ClN12O3S2. The van der Waals surface area contributed by atoms with Crippen molar-refractivity contribution in [1.29, 1.82) is 0 Å². The van der Waals surface area contributed by atoms with Crippen molar-refractivity contribution in [2.75, 3.05) is 52.7 Å². The highest BCUT2D eigenvalue weighted by molar-refractivity contribution is 7.59. The molecule has 1 aromatic heterocycles. The second kappa shape index (κ2) is 26.9. The third-order valence-electron chi connectivity index (χ3n) is 7.78. The van der Waals surface area contributed by atoms with Gasteiger partial charge in [-0.15, -0.1) is 0 Å². The van der Waals surface area contributed by atoms with E-state index in [1.807, 2.05) is 25.9 Å². The number of hydrogen-bond donors (Lipinski definition) is 6. The molecule has 11 N–H and O–H groups in total. The van der Waals surface area contributed by atoms with Gasteiger partial charge < -0.3 is 33.6 Å². The minimum absolute atomic E-state index is 0. The van der Waals surface area contributed by atoms with Gasteiger partial charge in [-0.1, -0.05) is 62.6 Å². The molecule has 294 valence electrons. The van der Waals surface area contributed by atoms with Gasteiger partial charge in [0.1, 0.15) is 0 Å². The predicted octanol–water partition coefficient (Wildman–Crippen LogP) is 2.58. The Balaban J connectivity index is 0. The van der Waals surface area contributed by atoms with Gasteiger partial charge in [-0.3, -0.25) is 34.6 Å². The molecule has 52 heavy (non-hydrogen) atoms. The maximum Gasteiger partial charge on any atom is 0.280 e. The number of rotatable bonds is 18. The number of carbonyl (C=O) groups excluding carboxylic acids is 3. The first kappa shape index (κ1) is 50.3. The Labute approximate surface area is 327 Å². The minimum atomic E-state index is -0.635. The van der Waals surface area contributed by atoms with E-state index in [0.29, 0.717) is 19.5 Å². The number of ketones is 1. The Morgan fingerprint density at radius 1 is 0.846 bits per heavy atom. The van der Waals surface area contributed by atoms with Gasteiger partial charge in [0.15, 0.2) is 40.2 Å². The maximum absolute atomic E-state index is 13.2. The van der Waals surface area contributed by atoms with Gasteiger partial charge in [0.2, 0.25) is 5.91 Å². The van der Waals surface area contributed by atoms with Crippen LogP contribution in [-0.2, 0) is 22.4 Å². The number of aliphatic imine (C=N–C) groups is 2. The van der Waals surface area contributed by atoms with E-state index < -0.39 is 5.91 Å². The molecule has 18 heteroatoms. The number of benzene rings is 1. The van der Waals surface area contributed by atoms with Gasteiger partial charge in [0.25, 0.3) is 5.91 Å². The summed E-state index contributed by atoms with van der Waals surface area (Å²) in [6.45, 7) is 5.24. The van der Waals surface area contributed by atoms with E-state index in [9.17, 15) is 14.4 Å². The normalized spacial score (nSPS) is 11.9. The molecule has 0 fully saturated rings. The first-order valence-electron chi connectivity index (χ1n) is 16.8. The predicted molar refractivity (Wildman–Crippen MR) is 223 cm³/mol.